The number of rotatable bonds is 6. The van der Waals surface area contributed by atoms with Gasteiger partial charge in [-0.1, -0.05) is 0 Å². The minimum Gasteiger partial charge on any atom is -0.481 e. The van der Waals surface area contributed by atoms with Crippen molar-refractivity contribution in [3.05, 3.63) is 12.3 Å². The van der Waals surface area contributed by atoms with Crippen molar-refractivity contribution in [2.75, 3.05) is 19.0 Å². The predicted octanol–water partition coefficient (Wildman–Crippen LogP) is 2.30. The third-order valence-corrected chi connectivity index (χ3v) is 2.12. The van der Waals surface area contributed by atoms with E-state index in [0.717, 1.165) is 19.4 Å². The first-order valence-corrected chi connectivity index (χ1v) is 5.41. The van der Waals surface area contributed by atoms with Gasteiger partial charge in [0, 0.05) is 24.2 Å². The van der Waals surface area contributed by atoms with Gasteiger partial charge < -0.3 is 10.1 Å². The average Bonchev–Trinajstić information content (AvgIpc) is 2.24. The maximum Gasteiger partial charge on any atom is 0.225 e. The molecule has 0 amide bonds. The smallest absolute Gasteiger partial charge is 0.225 e. The number of methoxy groups -OCH3 is 1. The topological polar surface area (TPSA) is 47.0 Å². The summed E-state index contributed by atoms with van der Waals surface area (Å²) in [7, 11) is 1.58. The lowest BCUT2D eigenvalue weighted by Crippen LogP contribution is -2.07. The number of ether oxygens (including phenoxy) is 1. The molecule has 5 heteroatoms. The number of alkyl halides is 1. The molecular weight excluding hydrogens is 214 g/mol. The van der Waals surface area contributed by atoms with E-state index in [9.17, 15) is 0 Å². The summed E-state index contributed by atoms with van der Waals surface area (Å²) in [5.74, 6) is 1.16. The summed E-state index contributed by atoms with van der Waals surface area (Å²) in [5, 5.41) is 3.33. The monoisotopic (exact) mass is 229 g/mol. The molecule has 0 aromatic carbocycles. The second-order valence-electron chi connectivity index (χ2n) is 3.27. The molecular formula is C10H16ClN3O. The van der Waals surface area contributed by atoms with Gasteiger partial charge in [0.05, 0.1) is 7.11 Å². The van der Waals surface area contributed by atoms with Crippen molar-refractivity contribution < 1.29 is 4.74 Å². The molecule has 1 aromatic rings. The second kappa shape index (κ2) is 6.45. The largest absolute Gasteiger partial charge is 0.481 e. The third-order valence-electron chi connectivity index (χ3n) is 1.90. The molecule has 1 rings (SSSR count). The summed E-state index contributed by atoms with van der Waals surface area (Å²) in [5.41, 5.74) is 0. The van der Waals surface area contributed by atoms with Crippen molar-refractivity contribution >= 4 is 17.5 Å². The number of anilines is 1. The molecule has 4 nitrogen and oxygen atoms in total. The van der Waals surface area contributed by atoms with Gasteiger partial charge >= 0.3 is 0 Å². The maximum absolute atomic E-state index is 5.83. The number of hydrogen-bond donors (Lipinski definition) is 1. The van der Waals surface area contributed by atoms with E-state index >= 15 is 0 Å². The molecule has 0 spiro atoms. The Morgan fingerprint density at radius 2 is 2.40 bits per heavy atom. The van der Waals surface area contributed by atoms with Gasteiger partial charge in [-0.05, 0) is 19.8 Å². The van der Waals surface area contributed by atoms with Crippen LogP contribution in [-0.2, 0) is 0 Å². The zero-order valence-corrected chi connectivity index (χ0v) is 9.79. The van der Waals surface area contributed by atoms with Crippen LogP contribution < -0.4 is 10.1 Å². The molecule has 15 heavy (non-hydrogen) atoms. The van der Waals surface area contributed by atoms with E-state index in [1.165, 1.54) is 0 Å². The number of aromatic nitrogens is 2. The van der Waals surface area contributed by atoms with Gasteiger partial charge in [0.25, 0.3) is 0 Å². The molecule has 1 heterocycles. The fraction of sp³-hybridized carbons (Fsp3) is 0.600. The lowest BCUT2D eigenvalue weighted by molar-refractivity contribution is 0.397. The average molecular weight is 230 g/mol. The molecule has 84 valence electrons. The van der Waals surface area contributed by atoms with Crippen LogP contribution in [0.2, 0.25) is 0 Å². The molecule has 0 radical (unpaired) electrons. The highest BCUT2D eigenvalue weighted by molar-refractivity contribution is 6.20. The zero-order valence-electron chi connectivity index (χ0n) is 9.03. The first-order chi connectivity index (χ1) is 7.22. The van der Waals surface area contributed by atoms with Crippen molar-refractivity contribution in [1.82, 2.24) is 9.97 Å². The lowest BCUT2D eigenvalue weighted by Gasteiger charge is -2.06. The van der Waals surface area contributed by atoms with E-state index in [4.69, 9.17) is 16.3 Å². The van der Waals surface area contributed by atoms with Crippen LogP contribution in [0.1, 0.15) is 19.8 Å². The zero-order chi connectivity index (χ0) is 11.1. The van der Waals surface area contributed by atoms with Crippen LogP contribution in [0.4, 0.5) is 5.95 Å². The highest BCUT2D eigenvalue weighted by Gasteiger charge is 1.99. The molecule has 0 aliphatic heterocycles. The van der Waals surface area contributed by atoms with Gasteiger partial charge in [-0.3, -0.25) is 0 Å². The molecule has 0 bridgehead atoms. The highest BCUT2D eigenvalue weighted by atomic mass is 35.5. The van der Waals surface area contributed by atoms with Gasteiger partial charge in [0.1, 0.15) is 0 Å². The Morgan fingerprint density at radius 3 is 3.07 bits per heavy atom. The predicted molar refractivity (Wildman–Crippen MR) is 61.6 cm³/mol. The Bertz CT molecular complexity index is 294. The summed E-state index contributed by atoms with van der Waals surface area (Å²) >= 11 is 5.83. The number of nitrogens with zero attached hydrogens (tertiary/aromatic N) is 2. The van der Waals surface area contributed by atoms with Crippen LogP contribution in [0.5, 0.6) is 5.88 Å². The molecule has 1 N–H and O–H groups in total. The van der Waals surface area contributed by atoms with E-state index in [2.05, 4.69) is 15.3 Å². The summed E-state index contributed by atoms with van der Waals surface area (Å²) < 4.78 is 4.99. The molecule has 1 atom stereocenters. The second-order valence-corrected chi connectivity index (χ2v) is 4.02. The Morgan fingerprint density at radius 1 is 1.60 bits per heavy atom. The summed E-state index contributed by atoms with van der Waals surface area (Å²) in [4.78, 5) is 8.20. The third kappa shape index (κ3) is 4.83. The first kappa shape index (κ1) is 12.0. The summed E-state index contributed by atoms with van der Waals surface area (Å²) in [6, 6.07) is 1.71. The summed E-state index contributed by atoms with van der Waals surface area (Å²) in [6.07, 6.45) is 3.65. The van der Waals surface area contributed by atoms with Gasteiger partial charge in [-0.2, -0.15) is 4.98 Å². The van der Waals surface area contributed by atoms with Gasteiger partial charge in [-0.25, -0.2) is 4.98 Å². The SMILES string of the molecule is COc1ccnc(NCCCC(C)Cl)n1. The molecule has 1 aromatic heterocycles. The Hall–Kier alpha value is -1.03. The van der Waals surface area contributed by atoms with Crippen LogP contribution in [0, 0.1) is 0 Å². The first-order valence-electron chi connectivity index (χ1n) is 4.97. The Kier molecular flexibility index (Phi) is 5.18. The van der Waals surface area contributed by atoms with Gasteiger partial charge in [0.2, 0.25) is 11.8 Å². The number of halogens is 1. The van der Waals surface area contributed by atoms with Crippen LogP contribution in [0.3, 0.4) is 0 Å². The van der Waals surface area contributed by atoms with Crippen molar-refractivity contribution in [2.24, 2.45) is 0 Å². The van der Waals surface area contributed by atoms with Crippen LogP contribution in [0.15, 0.2) is 12.3 Å². The summed E-state index contributed by atoms with van der Waals surface area (Å²) in [6.45, 7) is 2.81. The normalized spacial score (nSPS) is 12.2. The maximum atomic E-state index is 5.83. The van der Waals surface area contributed by atoms with E-state index in [1.54, 1.807) is 19.4 Å². The molecule has 0 aliphatic rings. The molecule has 0 saturated heterocycles. The fourth-order valence-corrected chi connectivity index (χ4v) is 1.28. The number of hydrogen-bond acceptors (Lipinski definition) is 4. The van der Waals surface area contributed by atoms with Gasteiger partial charge in [0.15, 0.2) is 0 Å². The van der Waals surface area contributed by atoms with E-state index in [1.807, 2.05) is 6.92 Å². The van der Waals surface area contributed by atoms with Crippen LogP contribution in [0.25, 0.3) is 0 Å². The Labute approximate surface area is 95.0 Å². The lowest BCUT2D eigenvalue weighted by atomic mass is 10.2. The molecule has 0 aliphatic carbocycles. The Balaban J connectivity index is 2.30. The van der Waals surface area contributed by atoms with E-state index in [-0.39, 0.29) is 5.38 Å². The molecule has 1 unspecified atom stereocenters. The van der Waals surface area contributed by atoms with Crippen LogP contribution in [-0.4, -0.2) is 29.0 Å². The molecule has 0 saturated carbocycles. The number of nitrogens with one attached hydrogen (secondary N) is 1. The van der Waals surface area contributed by atoms with Gasteiger partial charge in [-0.15, -0.1) is 11.6 Å². The van der Waals surface area contributed by atoms with Crippen molar-refractivity contribution in [1.29, 1.82) is 0 Å². The quantitative estimate of drug-likeness (QED) is 0.601. The highest BCUT2D eigenvalue weighted by Crippen LogP contribution is 2.08. The van der Waals surface area contributed by atoms with Crippen molar-refractivity contribution in [3.8, 4) is 5.88 Å². The molecule has 0 fully saturated rings. The fourth-order valence-electron chi connectivity index (χ4n) is 1.12. The van der Waals surface area contributed by atoms with Crippen LogP contribution >= 0.6 is 11.6 Å². The van der Waals surface area contributed by atoms with Crippen molar-refractivity contribution in [3.63, 3.8) is 0 Å². The van der Waals surface area contributed by atoms with Crippen molar-refractivity contribution in [2.45, 2.75) is 25.1 Å². The van der Waals surface area contributed by atoms with E-state index in [0.29, 0.717) is 11.8 Å². The standard InChI is InChI=1S/C10H16ClN3O/c1-8(11)4-3-6-12-10-13-7-5-9(14-10)15-2/h5,7-8H,3-4,6H2,1-2H3,(H,12,13,14). The van der Waals surface area contributed by atoms with E-state index < -0.39 is 0 Å². The minimum absolute atomic E-state index is 0.220. The minimum atomic E-state index is 0.220.